The number of hydrogen-bond donors (Lipinski definition) is 0. The number of nitrogens with zero attached hydrogens (tertiary/aromatic N) is 2. The van der Waals surface area contributed by atoms with Gasteiger partial charge >= 0.3 is 0 Å². The lowest BCUT2D eigenvalue weighted by Crippen LogP contribution is -2.37. The van der Waals surface area contributed by atoms with Gasteiger partial charge in [-0.15, -0.1) is 0 Å². The van der Waals surface area contributed by atoms with Crippen molar-refractivity contribution in [2.24, 2.45) is 5.92 Å². The molecule has 2 saturated heterocycles. The fraction of sp³-hybridized carbons (Fsp3) is 0.133. The van der Waals surface area contributed by atoms with Crippen molar-refractivity contribution >= 4 is 23.2 Å². The predicted molar refractivity (Wildman–Crippen MR) is 136 cm³/mol. The third-order valence-electron chi connectivity index (χ3n) is 6.84. The summed E-state index contributed by atoms with van der Waals surface area (Å²) in [6, 6.07) is 34.7. The van der Waals surface area contributed by atoms with Crippen molar-refractivity contribution in [2.45, 2.75) is 19.1 Å². The Morgan fingerprint density at radius 3 is 2.03 bits per heavy atom. The van der Waals surface area contributed by atoms with E-state index >= 15 is 0 Å². The molecule has 3 atom stereocenters. The molecular formula is C30H24N2O3. The summed E-state index contributed by atoms with van der Waals surface area (Å²) in [4.78, 5) is 35.1. The van der Waals surface area contributed by atoms with E-state index in [2.05, 4.69) is 0 Å². The fourth-order valence-electron chi connectivity index (χ4n) is 5.16. The lowest BCUT2D eigenvalue weighted by molar-refractivity contribution is -0.126. The molecular weight excluding hydrogens is 436 g/mol. The van der Waals surface area contributed by atoms with Gasteiger partial charge in [0, 0.05) is 0 Å². The summed E-state index contributed by atoms with van der Waals surface area (Å²) in [6.07, 6.45) is -0.882. The van der Waals surface area contributed by atoms with Crippen LogP contribution in [0.2, 0.25) is 0 Å². The Morgan fingerprint density at radius 1 is 0.657 bits per heavy atom. The number of hydrogen-bond acceptors (Lipinski definition) is 4. The average molecular weight is 461 g/mol. The first-order valence-electron chi connectivity index (χ1n) is 11.7. The van der Waals surface area contributed by atoms with Crippen LogP contribution in [0.5, 0.6) is 0 Å². The van der Waals surface area contributed by atoms with E-state index in [9.17, 15) is 9.59 Å². The number of hydroxylamine groups is 1. The molecule has 2 aliphatic heterocycles. The first kappa shape index (κ1) is 21.3. The van der Waals surface area contributed by atoms with Crippen LogP contribution in [0.4, 0.5) is 11.4 Å². The summed E-state index contributed by atoms with van der Waals surface area (Å²) in [5.41, 5.74) is 5.38. The van der Waals surface area contributed by atoms with Crippen LogP contribution >= 0.6 is 0 Å². The number of fused-ring (bicyclic) bond motifs is 1. The molecule has 0 aliphatic carbocycles. The molecule has 4 aromatic rings. The van der Waals surface area contributed by atoms with Crippen LogP contribution < -0.4 is 9.96 Å². The topological polar surface area (TPSA) is 49.9 Å². The van der Waals surface area contributed by atoms with Crippen LogP contribution in [0.25, 0.3) is 11.1 Å². The highest BCUT2D eigenvalue weighted by Crippen LogP contribution is 2.48. The molecule has 5 nitrogen and oxygen atoms in total. The summed E-state index contributed by atoms with van der Waals surface area (Å²) in [7, 11) is 0. The second-order valence-corrected chi connectivity index (χ2v) is 8.94. The summed E-state index contributed by atoms with van der Waals surface area (Å²) < 4.78 is 0. The van der Waals surface area contributed by atoms with Gasteiger partial charge < -0.3 is 0 Å². The normalized spacial score (nSPS) is 21.5. The number of rotatable bonds is 4. The SMILES string of the molecule is Cc1ccccc1C1C2C(=O)N(c3cccc(-c4ccccc4)c3)C(=O)C2ON1c1ccccc1. The standard InChI is InChI=1S/C30H24N2O3/c1-20-11-8-9-18-25(20)27-26-28(35-32(27)23-15-6-3-7-16-23)30(34)31(29(26)33)24-17-10-14-22(19-24)21-12-4-2-5-13-21/h2-19,26-28H,1H3. The number of carbonyl (C=O) groups excluding carboxylic acids is 2. The number of anilines is 2. The summed E-state index contributed by atoms with van der Waals surface area (Å²) in [5, 5.41) is 1.74. The minimum absolute atomic E-state index is 0.239. The largest absolute Gasteiger partial charge is 0.273 e. The first-order valence-corrected chi connectivity index (χ1v) is 11.7. The van der Waals surface area contributed by atoms with Crippen LogP contribution in [-0.4, -0.2) is 17.9 Å². The van der Waals surface area contributed by atoms with E-state index in [1.807, 2.05) is 110 Å². The smallest absolute Gasteiger partial charge is 0.266 e. The van der Waals surface area contributed by atoms with E-state index in [1.165, 1.54) is 4.90 Å². The van der Waals surface area contributed by atoms with Gasteiger partial charge in [0.2, 0.25) is 5.91 Å². The molecule has 2 fully saturated rings. The Hall–Kier alpha value is -4.22. The van der Waals surface area contributed by atoms with Gasteiger partial charge in [0.05, 0.1) is 17.4 Å². The Morgan fingerprint density at radius 2 is 1.29 bits per heavy atom. The Balaban J connectivity index is 1.41. The summed E-state index contributed by atoms with van der Waals surface area (Å²) >= 11 is 0. The molecule has 2 heterocycles. The van der Waals surface area contributed by atoms with Crippen LogP contribution in [0.15, 0.2) is 109 Å². The lowest BCUT2D eigenvalue weighted by Gasteiger charge is -2.29. The predicted octanol–water partition coefficient (Wildman–Crippen LogP) is 5.71. The second kappa shape index (κ2) is 8.53. The average Bonchev–Trinajstić information content (AvgIpc) is 3.41. The molecule has 0 aromatic heterocycles. The van der Waals surface area contributed by atoms with Crippen molar-refractivity contribution in [3.05, 3.63) is 120 Å². The second-order valence-electron chi connectivity index (χ2n) is 8.94. The molecule has 2 aliphatic rings. The minimum atomic E-state index is -0.882. The van der Waals surface area contributed by atoms with Crippen molar-refractivity contribution in [3.63, 3.8) is 0 Å². The zero-order valence-corrected chi connectivity index (χ0v) is 19.2. The van der Waals surface area contributed by atoms with E-state index < -0.39 is 18.1 Å². The maximum absolute atomic E-state index is 13.9. The Labute approximate surface area is 204 Å². The van der Waals surface area contributed by atoms with Crippen molar-refractivity contribution in [1.82, 2.24) is 0 Å². The third kappa shape index (κ3) is 3.52. The molecule has 172 valence electrons. The summed E-state index contributed by atoms with van der Waals surface area (Å²) in [6.45, 7) is 2.02. The quantitative estimate of drug-likeness (QED) is 0.366. The highest BCUT2D eigenvalue weighted by atomic mass is 16.7. The molecule has 0 bridgehead atoms. The van der Waals surface area contributed by atoms with Gasteiger partial charge in [0.1, 0.15) is 5.92 Å². The number of aryl methyl sites for hydroxylation is 1. The van der Waals surface area contributed by atoms with Gasteiger partial charge in [0.15, 0.2) is 6.10 Å². The fourth-order valence-corrected chi connectivity index (χ4v) is 5.16. The van der Waals surface area contributed by atoms with Gasteiger partial charge in [-0.2, -0.15) is 0 Å². The Bertz CT molecular complexity index is 1400. The first-order chi connectivity index (χ1) is 17.1. The number of benzene rings is 4. The zero-order valence-electron chi connectivity index (χ0n) is 19.2. The van der Waals surface area contributed by atoms with Crippen molar-refractivity contribution in [3.8, 4) is 11.1 Å². The highest BCUT2D eigenvalue weighted by Gasteiger charge is 2.60. The van der Waals surface area contributed by atoms with E-state index in [4.69, 9.17) is 4.84 Å². The lowest BCUT2D eigenvalue weighted by atomic mass is 9.88. The molecule has 0 saturated carbocycles. The number of carbonyl (C=O) groups is 2. The van der Waals surface area contributed by atoms with E-state index in [1.54, 1.807) is 11.1 Å². The van der Waals surface area contributed by atoms with Gasteiger partial charge in [-0.25, -0.2) is 9.96 Å². The molecule has 0 N–H and O–H groups in total. The van der Waals surface area contributed by atoms with Crippen LogP contribution in [0.3, 0.4) is 0 Å². The molecule has 5 heteroatoms. The van der Waals surface area contributed by atoms with E-state index in [-0.39, 0.29) is 11.8 Å². The maximum atomic E-state index is 13.9. The highest BCUT2D eigenvalue weighted by molar-refractivity contribution is 6.24. The number of amides is 2. The van der Waals surface area contributed by atoms with Gasteiger partial charge in [-0.05, 0) is 53.4 Å². The van der Waals surface area contributed by atoms with Crippen LogP contribution in [0, 0.1) is 12.8 Å². The molecule has 3 unspecified atom stereocenters. The van der Waals surface area contributed by atoms with Gasteiger partial charge in [-0.1, -0.05) is 84.9 Å². The zero-order chi connectivity index (χ0) is 23.9. The molecule has 4 aromatic carbocycles. The summed E-state index contributed by atoms with van der Waals surface area (Å²) in [5.74, 6) is -1.22. The van der Waals surface area contributed by atoms with Crippen molar-refractivity contribution in [1.29, 1.82) is 0 Å². The number of imide groups is 1. The molecule has 0 spiro atoms. The van der Waals surface area contributed by atoms with Crippen LogP contribution in [0.1, 0.15) is 17.2 Å². The van der Waals surface area contributed by atoms with Gasteiger partial charge in [-0.3, -0.25) is 14.4 Å². The third-order valence-corrected chi connectivity index (χ3v) is 6.84. The molecule has 0 radical (unpaired) electrons. The number of para-hydroxylation sites is 1. The Kier molecular flexibility index (Phi) is 5.20. The molecule has 6 rings (SSSR count). The molecule has 35 heavy (non-hydrogen) atoms. The monoisotopic (exact) mass is 460 g/mol. The van der Waals surface area contributed by atoms with E-state index in [0.29, 0.717) is 5.69 Å². The van der Waals surface area contributed by atoms with Crippen molar-refractivity contribution < 1.29 is 14.4 Å². The minimum Gasteiger partial charge on any atom is -0.273 e. The van der Waals surface area contributed by atoms with Crippen molar-refractivity contribution in [2.75, 3.05) is 9.96 Å². The van der Waals surface area contributed by atoms with E-state index in [0.717, 1.165) is 27.9 Å². The maximum Gasteiger partial charge on any atom is 0.266 e. The van der Waals surface area contributed by atoms with Gasteiger partial charge in [0.25, 0.3) is 5.91 Å². The molecule has 2 amide bonds. The van der Waals surface area contributed by atoms with Crippen LogP contribution in [-0.2, 0) is 14.4 Å².